The van der Waals surface area contributed by atoms with Crippen molar-refractivity contribution in [2.24, 2.45) is 0 Å². The molecule has 0 saturated carbocycles. The predicted octanol–water partition coefficient (Wildman–Crippen LogP) is 4.10. The van der Waals surface area contributed by atoms with E-state index >= 15 is 0 Å². The van der Waals surface area contributed by atoms with E-state index in [1.165, 1.54) is 0 Å². The lowest BCUT2D eigenvalue weighted by atomic mass is 10.2. The van der Waals surface area contributed by atoms with Gasteiger partial charge in [-0.2, -0.15) is 5.26 Å². The van der Waals surface area contributed by atoms with Crippen molar-refractivity contribution in [3.63, 3.8) is 0 Å². The fourth-order valence-corrected chi connectivity index (χ4v) is 3.46. The molecule has 0 aliphatic rings. The number of likely N-dealkylation sites (N-methyl/N-ethyl adjacent to an activating group) is 1. The highest BCUT2D eigenvalue weighted by Gasteiger charge is 2.20. The van der Waals surface area contributed by atoms with Gasteiger partial charge in [-0.3, -0.25) is 9.69 Å². The van der Waals surface area contributed by atoms with E-state index in [0.29, 0.717) is 24.5 Å². The smallest absolute Gasteiger partial charge is 0.239 e. The van der Waals surface area contributed by atoms with Crippen LogP contribution in [0, 0.1) is 25.2 Å². The molecule has 3 rings (SSSR count). The van der Waals surface area contributed by atoms with Crippen LogP contribution in [-0.2, 0) is 17.9 Å². The molecule has 1 heterocycles. The van der Waals surface area contributed by atoms with Crippen LogP contribution in [0.5, 0.6) is 0 Å². The third kappa shape index (κ3) is 4.92. The molecule has 0 bridgehead atoms. The van der Waals surface area contributed by atoms with Gasteiger partial charge >= 0.3 is 0 Å². The lowest BCUT2D eigenvalue weighted by Gasteiger charge is -2.18. The number of nitriles is 1. The Balaban J connectivity index is 1.77. The van der Waals surface area contributed by atoms with E-state index in [9.17, 15) is 10.1 Å². The minimum absolute atomic E-state index is 0.133. The molecule has 0 aliphatic heterocycles. The topological polar surface area (TPSA) is 61.1 Å². The number of benzene rings is 2. The second kappa shape index (κ2) is 9.22. The van der Waals surface area contributed by atoms with Crippen LogP contribution in [0.4, 0.5) is 5.82 Å². The summed E-state index contributed by atoms with van der Waals surface area (Å²) in [6.45, 7) is 5.43. The third-order valence-corrected chi connectivity index (χ3v) is 5.09. The van der Waals surface area contributed by atoms with Gasteiger partial charge in [0.25, 0.3) is 0 Å². The Kier molecular flexibility index (Phi) is 6.48. The van der Waals surface area contributed by atoms with Crippen molar-refractivity contribution in [2.75, 3.05) is 18.9 Å². The summed E-state index contributed by atoms with van der Waals surface area (Å²) in [4.78, 5) is 14.7. The van der Waals surface area contributed by atoms with E-state index < -0.39 is 0 Å². The number of hydrogen-bond donors (Lipinski definition) is 1. The van der Waals surface area contributed by atoms with Crippen LogP contribution in [0.15, 0.2) is 60.7 Å². The van der Waals surface area contributed by atoms with Crippen molar-refractivity contribution in [1.29, 1.82) is 5.26 Å². The summed E-state index contributed by atoms with van der Waals surface area (Å²) in [6.07, 6.45) is 0. The molecule has 0 unspecified atom stereocenters. The van der Waals surface area contributed by atoms with Gasteiger partial charge in [-0.1, -0.05) is 60.7 Å². The number of anilines is 1. The minimum Gasteiger partial charge on any atom is -0.326 e. The first-order chi connectivity index (χ1) is 14.0. The van der Waals surface area contributed by atoms with Crippen molar-refractivity contribution >= 4 is 11.7 Å². The van der Waals surface area contributed by atoms with Crippen molar-refractivity contribution in [2.45, 2.75) is 26.9 Å². The largest absolute Gasteiger partial charge is 0.326 e. The highest BCUT2D eigenvalue weighted by atomic mass is 16.2. The number of amides is 1. The Hall–Kier alpha value is -3.36. The van der Waals surface area contributed by atoms with Gasteiger partial charge in [0, 0.05) is 18.8 Å². The fourth-order valence-electron chi connectivity index (χ4n) is 3.46. The van der Waals surface area contributed by atoms with Crippen molar-refractivity contribution < 1.29 is 4.79 Å². The molecule has 0 aliphatic carbocycles. The zero-order valence-electron chi connectivity index (χ0n) is 17.1. The van der Waals surface area contributed by atoms with Gasteiger partial charge in [0.15, 0.2) is 0 Å². The Bertz CT molecular complexity index is 1020. The minimum atomic E-state index is -0.133. The lowest BCUT2D eigenvalue weighted by molar-refractivity contribution is -0.117. The fraction of sp³-hybridized carbons (Fsp3) is 0.250. The van der Waals surface area contributed by atoms with Gasteiger partial charge < -0.3 is 9.88 Å². The molecule has 0 saturated heterocycles. The van der Waals surface area contributed by atoms with E-state index in [1.54, 1.807) is 0 Å². The van der Waals surface area contributed by atoms with Crippen LogP contribution in [0.1, 0.15) is 27.9 Å². The molecule has 0 spiro atoms. The highest BCUT2D eigenvalue weighted by Crippen LogP contribution is 2.27. The van der Waals surface area contributed by atoms with Gasteiger partial charge in [0.05, 0.1) is 12.1 Å². The maximum absolute atomic E-state index is 12.7. The summed E-state index contributed by atoms with van der Waals surface area (Å²) >= 11 is 0. The molecule has 0 radical (unpaired) electrons. The van der Waals surface area contributed by atoms with Crippen LogP contribution >= 0.6 is 0 Å². The monoisotopic (exact) mass is 386 g/mol. The average Bonchev–Trinajstić information content (AvgIpc) is 2.93. The van der Waals surface area contributed by atoms with E-state index in [0.717, 1.165) is 22.4 Å². The van der Waals surface area contributed by atoms with Crippen LogP contribution in [0.3, 0.4) is 0 Å². The van der Waals surface area contributed by atoms with Crippen molar-refractivity contribution in [3.05, 3.63) is 88.6 Å². The van der Waals surface area contributed by atoms with Gasteiger partial charge in [0.2, 0.25) is 5.91 Å². The first-order valence-corrected chi connectivity index (χ1v) is 9.65. The zero-order chi connectivity index (χ0) is 20.8. The number of nitrogens with zero attached hydrogens (tertiary/aromatic N) is 3. The molecule has 1 N–H and O–H groups in total. The normalized spacial score (nSPS) is 10.7. The molecule has 0 atom stereocenters. The summed E-state index contributed by atoms with van der Waals surface area (Å²) in [5.41, 5.74) is 4.68. The summed E-state index contributed by atoms with van der Waals surface area (Å²) in [6, 6.07) is 22.3. The Morgan fingerprint density at radius 1 is 1.03 bits per heavy atom. The summed E-state index contributed by atoms with van der Waals surface area (Å²) in [7, 11) is 1.91. The van der Waals surface area contributed by atoms with Crippen molar-refractivity contribution in [1.82, 2.24) is 9.47 Å². The first kappa shape index (κ1) is 20.4. The summed E-state index contributed by atoms with van der Waals surface area (Å²) < 4.78 is 2.01. The molecule has 5 heteroatoms. The van der Waals surface area contributed by atoms with Gasteiger partial charge in [0.1, 0.15) is 11.9 Å². The lowest BCUT2D eigenvalue weighted by Crippen LogP contribution is -2.30. The molecule has 2 aromatic carbocycles. The molecule has 0 fully saturated rings. The Morgan fingerprint density at radius 3 is 2.21 bits per heavy atom. The van der Waals surface area contributed by atoms with E-state index in [-0.39, 0.29) is 12.5 Å². The number of hydrogen-bond acceptors (Lipinski definition) is 3. The summed E-state index contributed by atoms with van der Waals surface area (Å²) in [5.74, 6) is 0.441. The Labute approximate surface area is 172 Å². The molecule has 5 nitrogen and oxygen atoms in total. The number of nitrogens with one attached hydrogen (secondary N) is 1. The number of rotatable bonds is 7. The average molecular weight is 386 g/mol. The number of aromatic nitrogens is 1. The molecule has 1 aromatic heterocycles. The van der Waals surface area contributed by atoms with Crippen LogP contribution < -0.4 is 5.32 Å². The molecule has 148 valence electrons. The third-order valence-electron chi connectivity index (χ3n) is 5.09. The van der Waals surface area contributed by atoms with E-state index in [2.05, 4.69) is 11.4 Å². The van der Waals surface area contributed by atoms with E-state index in [4.69, 9.17) is 0 Å². The maximum Gasteiger partial charge on any atom is 0.239 e. The second-order valence-electron chi connectivity index (χ2n) is 7.32. The molecular formula is C24H26N4O. The van der Waals surface area contributed by atoms with E-state index in [1.807, 2.05) is 91.0 Å². The highest BCUT2D eigenvalue weighted by molar-refractivity contribution is 5.93. The second-order valence-corrected chi connectivity index (χ2v) is 7.32. The van der Waals surface area contributed by atoms with Gasteiger partial charge in [-0.25, -0.2) is 0 Å². The Morgan fingerprint density at radius 2 is 1.62 bits per heavy atom. The maximum atomic E-state index is 12.7. The van der Waals surface area contributed by atoms with Crippen LogP contribution in [0.2, 0.25) is 0 Å². The van der Waals surface area contributed by atoms with Crippen LogP contribution in [-0.4, -0.2) is 29.0 Å². The molecule has 29 heavy (non-hydrogen) atoms. The molecular weight excluding hydrogens is 360 g/mol. The predicted molar refractivity (Wildman–Crippen MR) is 116 cm³/mol. The quantitative estimate of drug-likeness (QED) is 0.665. The van der Waals surface area contributed by atoms with Gasteiger partial charge in [-0.05, 0) is 37.6 Å². The first-order valence-electron chi connectivity index (χ1n) is 9.65. The standard InChI is InChI=1S/C24H26N4O/c1-18-19(2)28(16-21-12-8-5-9-13-21)24(22(18)14-25)26-23(29)17-27(3)15-20-10-6-4-7-11-20/h4-13H,15-17H2,1-3H3,(H,26,29). The van der Waals surface area contributed by atoms with Gasteiger partial charge in [-0.15, -0.1) is 0 Å². The van der Waals surface area contributed by atoms with Crippen molar-refractivity contribution in [3.8, 4) is 6.07 Å². The SMILES string of the molecule is Cc1c(C#N)c(NC(=O)CN(C)Cc2ccccc2)n(Cc2ccccc2)c1C. The zero-order valence-corrected chi connectivity index (χ0v) is 17.1. The molecule has 3 aromatic rings. The number of carbonyl (C=O) groups excluding carboxylic acids is 1. The number of carbonyl (C=O) groups is 1. The molecule has 1 amide bonds. The summed E-state index contributed by atoms with van der Waals surface area (Å²) in [5, 5.41) is 12.7. The van der Waals surface area contributed by atoms with Crippen LogP contribution in [0.25, 0.3) is 0 Å².